The molecule has 1 N–H and O–H groups in total. The van der Waals surface area contributed by atoms with Crippen molar-refractivity contribution >= 4 is 11.9 Å². The first kappa shape index (κ1) is 31.4. The quantitative estimate of drug-likeness (QED) is 0.229. The molecule has 3 atom stereocenters. The molecular formula is C28H48N4O7. The summed E-state index contributed by atoms with van der Waals surface area (Å²) >= 11 is 0. The van der Waals surface area contributed by atoms with Gasteiger partial charge in [0.2, 0.25) is 0 Å². The second-order valence-electron chi connectivity index (χ2n) is 10.4. The average Bonchev–Trinajstić information content (AvgIpc) is 3.42. The second-order valence-corrected chi connectivity index (χ2v) is 10.4. The molecule has 11 heteroatoms. The van der Waals surface area contributed by atoms with Crippen LogP contribution < -0.4 is 5.32 Å². The summed E-state index contributed by atoms with van der Waals surface area (Å²) in [7, 11) is 0. The number of unbranched alkanes of at least 4 members (excludes halogenated alkanes) is 2. The number of aromatic nitrogens is 3. The van der Waals surface area contributed by atoms with E-state index < -0.39 is 0 Å². The number of alkyl carbamates (subject to hydrolysis) is 1. The van der Waals surface area contributed by atoms with Gasteiger partial charge in [-0.05, 0) is 56.8 Å². The third-order valence-corrected chi connectivity index (χ3v) is 7.47. The zero-order valence-electron chi connectivity index (χ0n) is 23.9. The van der Waals surface area contributed by atoms with Crippen LogP contribution in [0.15, 0.2) is 0 Å². The summed E-state index contributed by atoms with van der Waals surface area (Å²) in [6.07, 6.45) is 7.84. The highest BCUT2D eigenvalue weighted by atomic mass is 16.6. The molecule has 1 aromatic rings. The van der Waals surface area contributed by atoms with Crippen LogP contribution in [0.4, 0.5) is 4.79 Å². The van der Waals surface area contributed by atoms with E-state index in [0.717, 1.165) is 44.3 Å². The first-order valence-corrected chi connectivity index (χ1v) is 14.7. The van der Waals surface area contributed by atoms with Gasteiger partial charge in [0, 0.05) is 19.5 Å². The summed E-state index contributed by atoms with van der Waals surface area (Å²) < 4.78 is 29.2. The van der Waals surface area contributed by atoms with Crippen molar-refractivity contribution in [3.05, 3.63) is 11.4 Å². The van der Waals surface area contributed by atoms with Crippen molar-refractivity contribution in [2.45, 2.75) is 71.8 Å². The van der Waals surface area contributed by atoms with Gasteiger partial charge in [-0.2, -0.15) is 0 Å². The van der Waals surface area contributed by atoms with Crippen molar-refractivity contribution in [1.29, 1.82) is 0 Å². The molecule has 1 saturated carbocycles. The predicted octanol–water partition coefficient (Wildman–Crippen LogP) is 2.98. The van der Waals surface area contributed by atoms with E-state index >= 15 is 0 Å². The van der Waals surface area contributed by atoms with Gasteiger partial charge < -0.3 is 29.0 Å². The zero-order chi connectivity index (χ0) is 27.7. The van der Waals surface area contributed by atoms with E-state index in [9.17, 15) is 9.59 Å². The van der Waals surface area contributed by atoms with Crippen LogP contribution in [-0.4, -0.2) is 92.9 Å². The summed E-state index contributed by atoms with van der Waals surface area (Å²) in [5.74, 6) is 1.83. The molecule has 0 aliphatic heterocycles. The third kappa shape index (κ3) is 11.9. The van der Waals surface area contributed by atoms with E-state index in [1.165, 1.54) is 18.5 Å². The Morgan fingerprint density at radius 1 is 0.897 bits per heavy atom. The van der Waals surface area contributed by atoms with Crippen LogP contribution in [-0.2, 0) is 47.9 Å². The molecule has 0 aromatic carbocycles. The Hall–Kier alpha value is -2.08. The molecule has 0 saturated heterocycles. The van der Waals surface area contributed by atoms with Gasteiger partial charge in [0.15, 0.2) is 0 Å². The Kier molecular flexibility index (Phi) is 14.8. The predicted molar refractivity (Wildman–Crippen MR) is 145 cm³/mol. The summed E-state index contributed by atoms with van der Waals surface area (Å²) in [4.78, 5) is 22.9. The number of Topliss-reactive ketones (excluding diaryl/α,β-unsaturated/α-hetero) is 1. The Bertz CT molecular complexity index is 850. The number of hydrogen-bond donors (Lipinski definition) is 1. The van der Waals surface area contributed by atoms with Crippen molar-refractivity contribution in [3.63, 3.8) is 0 Å². The van der Waals surface area contributed by atoms with Crippen LogP contribution in [0.5, 0.6) is 0 Å². The van der Waals surface area contributed by atoms with Crippen LogP contribution in [0.1, 0.15) is 63.8 Å². The fourth-order valence-electron chi connectivity index (χ4n) is 5.19. The van der Waals surface area contributed by atoms with E-state index in [2.05, 4.69) is 27.2 Å². The smallest absolute Gasteiger partial charge is 0.407 e. The molecule has 11 nitrogen and oxygen atoms in total. The van der Waals surface area contributed by atoms with E-state index in [4.69, 9.17) is 23.7 Å². The molecule has 0 unspecified atom stereocenters. The van der Waals surface area contributed by atoms with E-state index in [1.54, 1.807) is 6.92 Å². The molecule has 0 radical (unpaired) electrons. The second kappa shape index (κ2) is 18.3. The SMILES string of the molecule is CCCCCn1nnc2c1CC[C@@H]1[C@H](CC2)[C@@H]1COC(=O)NCCOCCOCCOCCOCCC(C)=O. The first-order chi connectivity index (χ1) is 19.1. The standard InChI is InChI=1S/C28H48N4O7/c1-3-4-5-12-32-27-9-7-24-23(6-8-26(27)30-31-32)25(24)21-39-28(34)29-11-14-36-16-18-38-20-19-37-17-15-35-13-10-22(2)33/h23-25H,3-21H2,1-2H3,(H,29,34)/t23-,24+,25-/m0/s1. The molecule has 2 aliphatic carbocycles. The number of hydrogen-bond acceptors (Lipinski definition) is 9. The number of rotatable bonds is 21. The van der Waals surface area contributed by atoms with Gasteiger partial charge in [-0.3, -0.25) is 4.79 Å². The van der Waals surface area contributed by atoms with Crippen molar-refractivity contribution in [2.75, 3.05) is 66.0 Å². The Morgan fingerprint density at radius 2 is 1.54 bits per heavy atom. The maximum absolute atomic E-state index is 12.1. The highest BCUT2D eigenvalue weighted by molar-refractivity contribution is 5.75. The van der Waals surface area contributed by atoms with Gasteiger partial charge in [0.05, 0.1) is 70.8 Å². The van der Waals surface area contributed by atoms with Crippen LogP contribution >= 0.6 is 0 Å². The number of fused-ring (bicyclic) bond motifs is 2. The zero-order valence-corrected chi connectivity index (χ0v) is 23.9. The molecule has 2 aliphatic rings. The average molecular weight is 553 g/mol. The molecule has 3 rings (SSSR count). The maximum atomic E-state index is 12.1. The number of nitrogens with one attached hydrogen (secondary N) is 1. The van der Waals surface area contributed by atoms with Crippen molar-refractivity contribution in [2.24, 2.45) is 17.8 Å². The topological polar surface area (TPSA) is 123 Å². The number of nitrogens with zero attached hydrogens (tertiary/aromatic N) is 3. The number of ketones is 1. The number of amides is 1. The highest BCUT2D eigenvalue weighted by Gasteiger charge is 2.50. The van der Waals surface area contributed by atoms with Gasteiger partial charge in [0.25, 0.3) is 0 Å². The van der Waals surface area contributed by atoms with Gasteiger partial charge in [-0.15, -0.1) is 5.10 Å². The number of carbonyl (C=O) groups excluding carboxylic acids is 2. The van der Waals surface area contributed by atoms with E-state index in [0.29, 0.717) is 90.2 Å². The Balaban J connectivity index is 1.13. The minimum absolute atomic E-state index is 0.124. The minimum Gasteiger partial charge on any atom is -0.449 e. The largest absolute Gasteiger partial charge is 0.449 e. The van der Waals surface area contributed by atoms with Crippen LogP contribution in [0.2, 0.25) is 0 Å². The van der Waals surface area contributed by atoms with Gasteiger partial charge in [0.1, 0.15) is 5.78 Å². The summed E-state index contributed by atoms with van der Waals surface area (Å²) in [5.41, 5.74) is 2.48. The lowest BCUT2D eigenvalue weighted by atomic mass is 10.0. The van der Waals surface area contributed by atoms with Crippen LogP contribution in [0, 0.1) is 17.8 Å². The van der Waals surface area contributed by atoms with Crippen molar-refractivity contribution < 1.29 is 33.3 Å². The summed E-state index contributed by atoms with van der Waals surface area (Å²) in [6.45, 7) is 9.27. The Labute approximate surface area is 232 Å². The van der Waals surface area contributed by atoms with E-state index in [-0.39, 0.29) is 11.9 Å². The number of aryl methyl sites for hydroxylation is 2. The van der Waals surface area contributed by atoms with Gasteiger partial charge >= 0.3 is 6.09 Å². The lowest BCUT2D eigenvalue weighted by molar-refractivity contribution is -0.118. The fourth-order valence-corrected chi connectivity index (χ4v) is 5.19. The molecule has 0 bridgehead atoms. The molecule has 1 fully saturated rings. The summed E-state index contributed by atoms with van der Waals surface area (Å²) in [6, 6.07) is 0. The lowest BCUT2D eigenvalue weighted by Crippen LogP contribution is -2.29. The lowest BCUT2D eigenvalue weighted by Gasteiger charge is -2.10. The minimum atomic E-state index is -0.381. The molecule has 1 amide bonds. The van der Waals surface area contributed by atoms with Crippen molar-refractivity contribution in [1.82, 2.24) is 20.3 Å². The molecular weight excluding hydrogens is 504 g/mol. The van der Waals surface area contributed by atoms with Crippen LogP contribution in [0.3, 0.4) is 0 Å². The Morgan fingerprint density at radius 3 is 2.21 bits per heavy atom. The normalized spacial score (nSPS) is 20.0. The van der Waals surface area contributed by atoms with Crippen molar-refractivity contribution in [3.8, 4) is 0 Å². The van der Waals surface area contributed by atoms with Crippen LogP contribution in [0.25, 0.3) is 0 Å². The number of carbonyl (C=O) groups is 2. The fraction of sp³-hybridized carbons (Fsp3) is 0.857. The monoisotopic (exact) mass is 552 g/mol. The third-order valence-electron chi connectivity index (χ3n) is 7.47. The first-order valence-electron chi connectivity index (χ1n) is 14.7. The number of ether oxygens (including phenoxy) is 5. The molecule has 1 heterocycles. The molecule has 1 aromatic heterocycles. The molecule has 0 spiro atoms. The van der Waals surface area contributed by atoms with Gasteiger partial charge in [-0.25, -0.2) is 9.48 Å². The molecule has 222 valence electrons. The molecule has 39 heavy (non-hydrogen) atoms. The summed E-state index contributed by atoms with van der Waals surface area (Å²) in [5, 5.41) is 11.6. The maximum Gasteiger partial charge on any atom is 0.407 e. The van der Waals surface area contributed by atoms with E-state index in [1.807, 2.05) is 0 Å². The van der Waals surface area contributed by atoms with Gasteiger partial charge in [-0.1, -0.05) is 25.0 Å². The highest BCUT2D eigenvalue weighted by Crippen LogP contribution is 2.52.